The summed E-state index contributed by atoms with van der Waals surface area (Å²) in [4.78, 5) is 13.9. The number of rotatable bonds is 3. The number of anilines is 1. The number of benzene rings is 1. The molecule has 1 unspecified atom stereocenters. The van der Waals surface area contributed by atoms with E-state index >= 15 is 0 Å². The molecule has 4 nitrogen and oxygen atoms in total. The van der Waals surface area contributed by atoms with Crippen molar-refractivity contribution in [2.45, 2.75) is 13.0 Å². The maximum absolute atomic E-state index is 13.7. The van der Waals surface area contributed by atoms with E-state index in [0.717, 1.165) is 0 Å². The molecule has 1 heterocycles. The minimum absolute atomic E-state index is 0.0431. The largest absolute Gasteiger partial charge is 0.378 e. The second-order valence-corrected chi connectivity index (χ2v) is 5.25. The zero-order valence-corrected chi connectivity index (χ0v) is 12.2. The van der Waals surface area contributed by atoms with Gasteiger partial charge in [0.05, 0.1) is 18.9 Å². The lowest BCUT2D eigenvalue weighted by Gasteiger charge is -2.30. The Morgan fingerprint density at radius 2 is 2.16 bits per heavy atom. The molecule has 2 rings (SSSR count). The van der Waals surface area contributed by atoms with E-state index in [9.17, 15) is 9.18 Å². The Bertz CT molecular complexity index is 444. The van der Waals surface area contributed by atoms with Gasteiger partial charge in [-0.2, -0.15) is 0 Å². The minimum atomic E-state index is -0.480. The summed E-state index contributed by atoms with van der Waals surface area (Å²) >= 11 is 3.27. The maximum atomic E-state index is 13.7. The Morgan fingerprint density at radius 3 is 2.79 bits per heavy atom. The second-order valence-electron chi connectivity index (χ2n) is 4.40. The molecule has 1 aromatic rings. The Hall–Kier alpha value is -1.14. The van der Waals surface area contributed by atoms with Crippen molar-refractivity contribution in [3.63, 3.8) is 0 Å². The number of carbonyl (C=O) groups is 1. The van der Waals surface area contributed by atoms with Gasteiger partial charge in [-0.15, -0.1) is 0 Å². The van der Waals surface area contributed by atoms with Crippen molar-refractivity contribution in [2.24, 2.45) is 0 Å². The molecule has 1 saturated heterocycles. The molecule has 1 fully saturated rings. The summed E-state index contributed by atoms with van der Waals surface area (Å²) in [5.41, 5.74) is 0.316. The molecule has 19 heavy (non-hydrogen) atoms. The quantitative estimate of drug-likeness (QED) is 0.924. The fraction of sp³-hybridized carbons (Fsp3) is 0.462. The van der Waals surface area contributed by atoms with Gasteiger partial charge in [-0.25, -0.2) is 4.39 Å². The van der Waals surface area contributed by atoms with E-state index in [0.29, 0.717) is 36.5 Å². The number of ether oxygens (including phenoxy) is 1. The zero-order chi connectivity index (χ0) is 13.8. The highest BCUT2D eigenvalue weighted by Crippen LogP contribution is 2.26. The third-order valence-corrected chi connectivity index (χ3v) is 3.68. The molecule has 1 amide bonds. The van der Waals surface area contributed by atoms with Crippen LogP contribution in [0.2, 0.25) is 0 Å². The van der Waals surface area contributed by atoms with Crippen LogP contribution in [0.3, 0.4) is 0 Å². The highest BCUT2D eigenvalue weighted by Gasteiger charge is 2.23. The van der Waals surface area contributed by atoms with Gasteiger partial charge in [0, 0.05) is 17.6 Å². The Morgan fingerprint density at radius 1 is 1.47 bits per heavy atom. The van der Waals surface area contributed by atoms with Gasteiger partial charge < -0.3 is 15.0 Å². The fourth-order valence-corrected chi connectivity index (χ4v) is 2.43. The van der Waals surface area contributed by atoms with Gasteiger partial charge >= 0.3 is 0 Å². The van der Waals surface area contributed by atoms with Crippen LogP contribution in [0.4, 0.5) is 10.1 Å². The molecule has 0 radical (unpaired) electrons. The molecule has 104 valence electrons. The summed E-state index contributed by atoms with van der Waals surface area (Å²) in [6, 6.07) is 4.22. The van der Waals surface area contributed by atoms with Gasteiger partial charge in [-0.3, -0.25) is 4.79 Å². The van der Waals surface area contributed by atoms with Gasteiger partial charge in [0.1, 0.15) is 11.9 Å². The molecule has 0 aliphatic carbocycles. The topological polar surface area (TPSA) is 41.6 Å². The predicted molar refractivity (Wildman–Crippen MR) is 74.6 cm³/mol. The van der Waals surface area contributed by atoms with E-state index in [1.165, 1.54) is 6.07 Å². The first kappa shape index (κ1) is 14.3. The monoisotopic (exact) mass is 330 g/mol. The molecule has 1 aromatic carbocycles. The van der Waals surface area contributed by atoms with Crippen molar-refractivity contribution in [1.29, 1.82) is 0 Å². The first-order valence-corrected chi connectivity index (χ1v) is 6.96. The van der Waals surface area contributed by atoms with E-state index in [2.05, 4.69) is 21.2 Å². The van der Waals surface area contributed by atoms with Gasteiger partial charge in [-0.05, 0) is 35.0 Å². The van der Waals surface area contributed by atoms with Crippen molar-refractivity contribution >= 4 is 27.5 Å². The Kier molecular flexibility index (Phi) is 4.76. The molecule has 1 aliphatic heterocycles. The molecule has 1 atom stereocenters. The van der Waals surface area contributed by atoms with Crippen LogP contribution in [0.15, 0.2) is 22.7 Å². The fourth-order valence-electron chi connectivity index (χ4n) is 1.97. The van der Waals surface area contributed by atoms with Crippen LogP contribution in [0.5, 0.6) is 0 Å². The highest BCUT2D eigenvalue weighted by molar-refractivity contribution is 9.10. The van der Waals surface area contributed by atoms with Gasteiger partial charge in [0.2, 0.25) is 5.91 Å². The summed E-state index contributed by atoms with van der Waals surface area (Å²) in [7, 11) is 0. The van der Waals surface area contributed by atoms with Crippen LogP contribution in [0, 0.1) is 5.82 Å². The number of nitrogens with one attached hydrogen (secondary N) is 1. The second kappa shape index (κ2) is 6.34. The minimum Gasteiger partial charge on any atom is -0.378 e. The number of halogens is 2. The van der Waals surface area contributed by atoms with Gasteiger partial charge in [0.25, 0.3) is 0 Å². The molecule has 1 aliphatic rings. The van der Waals surface area contributed by atoms with Crippen molar-refractivity contribution in [3.05, 3.63) is 28.5 Å². The van der Waals surface area contributed by atoms with E-state index < -0.39 is 6.04 Å². The van der Waals surface area contributed by atoms with E-state index in [1.807, 2.05) is 0 Å². The average Bonchev–Trinajstić information content (AvgIpc) is 2.43. The molecule has 0 aromatic heterocycles. The van der Waals surface area contributed by atoms with Crippen LogP contribution in [-0.2, 0) is 9.53 Å². The molecule has 0 bridgehead atoms. The van der Waals surface area contributed by atoms with Gasteiger partial charge in [0.15, 0.2) is 0 Å². The summed E-state index contributed by atoms with van der Waals surface area (Å²) in [5.74, 6) is -0.422. The smallest absolute Gasteiger partial charge is 0.244 e. The third-order valence-electron chi connectivity index (χ3n) is 3.02. The molecular formula is C13H16BrFN2O2. The van der Waals surface area contributed by atoms with Crippen LogP contribution in [-0.4, -0.2) is 43.2 Å². The van der Waals surface area contributed by atoms with Crippen LogP contribution >= 0.6 is 15.9 Å². The first-order chi connectivity index (χ1) is 9.09. The lowest BCUT2D eigenvalue weighted by molar-refractivity contribution is -0.135. The average molecular weight is 331 g/mol. The molecule has 0 spiro atoms. The van der Waals surface area contributed by atoms with E-state index in [-0.39, 0.29) is 11.7 Å². The summed E-state index contributed by atoms with van der Waals surface area (Å²) < 4.78 is 19.5. The third kappa shape index (κ3) is 3.45. The molecule has 6 heteroatoms. The predicted octanol–water partition coefficient (Wildman–Crippen LogP) is 2.25. The highest BCUT2D eigenvalue weighted by atomic mass is 79.9. The van der Waals surface area contributed by atoms with Crippen molar-refractivity contribution in [1.82, 2.24) is 4.90 Å². The standard InChI is InChI=1S/C13H16BrFN2O2/c1-9(13(18)17-5-7-19-8-6-17)16-12-10(14)3-2-4-11(12)15/h2-4,9,16H,5-8H2,1H3. The Labute approximate surface area is 120 Å². The number of nitrogens with zero attached hydrogens (tertiary/aromatic N) is 1. The molecular weight excluding hydrogens is 315 g/mol. The van der Waals surface area contributed by atoms with Crippen molar-refractivity contribution in [3.8, 4) is 0 Å². The van der Waals surface area contributed by atoms with Gasteiger partial charge in [-0.1, -0.05) is 6.07 Å². The van der Waals surface area contributed by atoms with Crippen LogP contribution in [0.1, 0.15) is 6.92 Å². The lowest BCUT2D eigenvalue weighted by Crippen LogP contribution is -2.47. The number of para-hydroxylation sites is 1. The number of hydrogen-bond acceptors (Lipinski definition) is 3. The molecule has 1 N–H and O–H groups in total. The number of amides is 1. The number of hydrogen-bond donors (Lipinski definition) is 1. The van der Waals surface area contributed by atoms with E-state index in [4.69, 9.17) is 4.74 Å². The van der Waals surface area contributed by atoms with Crippen LogP contribution < -0.4 is 5.32 Å². The summed E-state index contributed by atoms with van der Waals surface area (Å²) in [6.45, 7) is 4.02. The normalized spacial score (nSPS) is 17.1. The van der Waals surface area contributed by atoms with Crippen molar-refractivity contribution in [2.75, 3.05) is 31.6 Å². The van der Waals surface area contributed by atoms with Crippen LogP contribution in [0.25, 0.3) is 0 Å². The van der Waals surface area contributed by atoms with Crippen molar-refractivity contribution < 1.29 is 13.9 Å². The zero-order valence-electron chi connectivity index (χ0n) is 10.7. The summed E-state index contributed by atoms with van der Waals surface area (Å²) in [6.07, 6.45) is 0. The van der Waals surface area contributed by atoms with E-state index in [1.54, 1.807) is 24.0 Å². The summed E-state index contributed by atoms with van der Waals surface area (Å²) in [5, 5.41) is 2.92. The maximum Gasteiger partial charge on any atom is 0.244 e. The Balaban J connectivity index is 2.03. The number of carbonyl (C=O) groups excluding carboxylic acids is 1. The lowest BCUT2D eigenvalue weighted by atomic mass is 10.2. The number of morpholine rings is 1. The SMILES string of the molecule is CC(Nc1c(F)cccc1Br)C(=O)N1CCOCC1. The molecule has 0 saturated carbocycles. The first-order valence-electron chi connectivity index (χ1n) is 6.16.